The molecule has 0 aromatic rings. The quantitative estimate of drug-likeness (QED) is 0.236. The van der Waals surface area contributed by atoms with Gasteiger partial charge in [0.05, 0.1) is 12.6 Å². The molecule has 0 fully saturated rings. The van der Waals surface area contributed by atoms with Gasteiger partial charge in [-0.3, -0.25) is 5.41 Å². The van der Waals surface area contributed by atoms with Crippen LogP contribution in [0.5, 0.6) is 0 Å². The maximum Gasteiger partial charge on any atom is 0.277 e. The number of ether oxygens (including phenoxy) is 1. The van der Waals surface area contributed by atoms with Crippen molar-refractivity contribution in [1.29, 1.82) is 5.41 Å². The number of nitrogens with two attached hydrogens (primary N) is 1. The highest BCUT2D eigenvalue weighted by Gasteiger charge is 2.14. The summed E-state index contributed by atoms with van der Waals surface area (Å²) in [4.78, 5) is 0. The van der Waals surface area contributed by atoms with Crippen molar-refractivity contribution in [3.63, 3.8) is 0 Å². The Morgan fingerprint density at radius 3 is 2.64 bits per heavy atom. The molecular weight excluding hydrogens is 208 g/mol. The van der Waals surface area contributed by atoms with Crippen molar-refractivity contribution in [2.24, 2.45) is 5.73 Å². The second-order valence-electron chi connectivity index (χ2n) is 2.69. The van der Waals surface area contributed by atoms with Crippen LogP contribution < -0.4 is 15.2 Å². The van der Waals surface area contributed by atoms with Crippen LogP contribution in [0.4, 0.5) is 0 Å². The number of amidine groups is 1. The van der Waals surface area contributed by atoms with E-state index in [0.29, 0.717) is 0 Å². The van der Waals surface area contributed by atoms with E-state index in [9.17, 15) is 8.42 Å². The third-order valence-electron chi connectivity index (χ3n) is 1.40. The summed E-state index contributed by atoms with van der Waals surface area (Å²) >= 11 is 0. The van der Waals surface area contributed by atoms with E-state index in [-0.39, 0.29) is 19.0 Å². The van der Waals surface area contributed by atoms with Gasteiger partial charge in [-0.05, 0) is 6.92 Å². The van der Waals surface area contributed by atoms with Crippen molar-refractivity contribution in [1.82, 2.24) is 9.44 Å². The summed E-state index contributed by atoms with van der Waals surface area (Å²) in [7, 11) is -2.13. The Morgan fingerprint density at radius 2 is 2.21 bits per heavy atom. The van der Waals surface area contributed by atoms with Gasteiger partial charge in [-0.25, -0.2) is 0 Å². The van der Waals surface area contributed by atoms with Gasteiger partial charge in [-0.15, -0.1) is 0 Å². The van der Waals surface area contributed by atoms with Crippen molar-refractivity contribution in [3.8, 4) is 0 Å². The van der Waals surface area contributed by atoms with Crippen LogP contribution in [0.1, 0.15) is 6.92 Å². The molecule has 1 atom stereocenters. The highest BCUT2D eigenvalue weighted by atomic mass is 32.2. The molecule has 0 rings (SSSR count). The summed E-state index contributed by atoms with van der Waals surface area (Å²) in [5, 5.41) is 6.99. The topological polar surface area (TPSA) is 117 Å². The molecule has 0 aliphatic heterocycles. The van der Waals surface area contributed by atoms with Crippen molar-refractivity contribution >= 4 is 16.0 Å². The molecule has 0 spiro atoms. The van der Waals surface area contributed by atoms with Crippen LogP contribution in [0.15, 0.2) is 0 Å². The molecule has 0 saturated heterocycles. The van der Waals surface area contributed by atoms with Gasteiger partial charge >= 0.3 is 0 Å². The van der Waals surface area contributed by atoms with Crippen molar-refractivity contribution < 1.29 is 13.2 Å². The van der Waals surface area contributed by atoms with Crippen LogP contribution in [0.2, 0.25) is 0 Å². The maximum atomic E-state index is 11.2. The highest BCUT2D eigenvalue weighted by molar-refractivity contribution is 7.87. The Bertz CT molecular complexity index is 277. The van der Waals surface area contributed by atoms with Gasteiger partial charge < -0.3 is 10.5 Å². The average Bonchev–Trinajstić information content (AvgIpc) is 2.03. The fourth-order valence-electron chi connectivity index (χ4n) is 0.616. The van der Waals surface area contributed by atoms with Gasteiger partial charge in [0.2, 0.25) is 0 Å². The molecule has 14 heavy (non-hydrogen) atoms. The number of rotatable bonds is 7. The molecule has 0 bridgehead atoms. The van der Waals surface area contributed by atoms with Crippen molar-refractivity contribution in [2.75, 3.05) is 20.3 Å². The third kappa shape index (κ3) is 5.86. The third-order valence-corrected chi connectivity index (χ3v) is 2.64. The predicted molar refractivity (Wildman–Crippen MR) is 53.3 cm³/mol. The first-order chi connectivity index (χ1) is 6.39. The second-order valence-corrected chi connectivity index (χ2v) is 4.22. The molecular formula is C6H16N4O3S. The molecule has 1 unspecified atom stereocenters. The summed E-state index contributed by atoms with van der Waals surface area (Å²) in [5.74, 6) is -0.234. The number of nitrogens with one attached hydrogen (secondary N) is 3. The molecule has 0 aliphatic rings. The van der Waals surface area contributed by atoms with Gasteiger partial charge in [0.15, 0.2) is 0 Å². The van der Waals surface area contributed by atoms with Crippen molar-refractivity contribution in [2.45, 2.75) is 13.0 Å². The average molecular weight is 224 g/mol. The molecule has 8 heteroatoms. The van der Waals surface area contributed by atoms with Gasteiger partial charge in [0.25, 0.3) is 10.2 Å². The van der Waals surface area contributed by atoms with E-state index in [0.717, 1.165) is 0 Å². The van der Waals surface area contributed by atoms with Gasteiger partial charge in [-0.2, -0.15) is 17.9 Å². The molecule has 84 valence electrons. The van der Waals surface area contributed by atoms with Crippen LogP contribution in [0.3, 0.4) is 0 Å². The monoisotopic (exact) mass is 224 g/mol. The zero-order valence-corrected chi connectivity index (χ0v) is 9.02. The maximum absolute atomic E-state index is 11.2. The summed E-state index contributed by atoms with van der Waals surface area (Å²) in [6.07, 6.45) is 0. The Balaban J connectivity index is 4.01. The van der Waals surface area contributed by atoms with E-state index < -0.39 is 16.3 Å². The Hall–Kier alpha value is -0.700. The highest BCUT2D eigenvalue weighted by Crippen LogP contribution is 1.84. The summed E-state index contributed by atoms with van der Waals surface area (Å²) in [6.45, 7) is 1.95. The van der Waals surface area contributed by atoms with Gasteiger partial charge in [-0.1, -0.05) is 0 Å². The van der Waals surface area contributed by atoms with Crippen molar-refractivity contribution in [3.05, 3.63) is 0 Å². The van der Waals surface area contributed by atoms with E-state index in [1.807, 2.05) is 0 Å². The first kappa shape index (κ1) is 13.3. The molecule has 7 nitrogen and oxygen atoms in total. The van der Waals surface area contributed by atoms with Crippen LogP contribution >= 0.6 is 0 Å². The van der Waals surface area contributed by atoms with Crippen LogP contribution in [-0.4, -0.2) is 40.6 Å². The SMILES string of the molecule is COCCNS(=O)(=O)NC(C)C(=N)N. The minimum Gasteiger partial charge on any atom is -0.386 e. The normalized spacial score (nSPS) is 13.9. The van der Waals surface area contributed by atoms with E-state index in [1.54, 1.807) is 0 Å². The zero-order chi connectivity index (χ0) is 11.2. The molecule has 0 heterocycles. The van der Waals surface area contributed by atoms with Gasteiger partial charge in [0, 0.05) is 13.7 Å². The molecule has 5 N–H and O–H groups in total. The standard InChI is InChI=1S/C6H16N4O3S/c1-5(6(7)8)10-14(11,12)9-3-4-13-2/h5,9-10H,3-4H2,1-2H3,(H3,7,8). The fraction of sp³-hybridized carbons (Fsp3) is 0.833. The summed E-state index contributed by atoms with van der Waals surface area (Å²) < 4.78 is 31.4. The number of hydrogen-bond acceptors (Lipinski definition) is 4. The molecule has 0 aliphatic carbocycles. The Labute approximate surface area is 83.7 Å². The summed E-state index contributed by atoms with van der Waals surface area (Å²) in [6, 6.07) is -0.713. The first-order valence-electron chi connectivity index (χ1n) is 3.99. The number of hydrogen-bond donors (Lipinski definition) is 4. The zero-order valence-electron chi connectivity index (χ0n) is 8.20. The summed E-state index contributed by atoms with van der Waals surface area (Å²) in [5.41, 5.74) is 5.10. The second kappa shape index (κ2) is 5.91. The van der Waals surface area contributed by atoms with Crippen LogP contribution in [0.25, 0.3) is 0 Å². The molecule has 0 amide bonds. The van der Waals surface area contributed by atoms with E-state index in [4.69, 9.17) is 11.1 Å². The Kier molecular flexibility index (Phi) is 5.62. The number of methoxy groups -OCH3 is 1. The lowest BCUT2D eigenvalue weighted by Crippen LogP contribution is -2.47. The first-order valence-corrected chi connectivity index (χ1v) is 5.47. The van der Waals surface area contributed by atoms with E-state index >= 15 is 0 Å². The molecule has 0 aromatic carbocycles. The van der Waals surface area contributed by atoms with Gasteiger partial charge in [0.1, 0.15) is 5.84 Å². The predicted octanol–water partition coefficient (Wildman–Crippen LogP) is -1.62. The smallest absolute Gasteiger partial charge is 0.277 e. The molecule has 0 saturated carbocycles. The minimum absolute atomic E-state index is 0.177. The fourth-order valence-corrected chi connectivity index (χ4v) is 1.64. The van der Waals surface area contributed by atoms with E-state index in [2.05, 4.69) is 14.2 Å². The molecule has 0 radical (unpaired) electrons. The largest absolute Gasteiger partial charge is 0.386 e. The van der Waals surface area contributed by atoms with Crippen LogP contribution in [0, 0.1) is 5.41 Å². The lowest BCUT2D eigenvalue weighted by Gasteiger charge is -2.12. The lowest BCUT2D eigenvalue weighted by molar-refractivity contribution is 0.204. The van der Waals surface area contributed by atoms with E-state index in [1.165, 1.54) is 14.0 Å². The molecule has 0 aromatic heterocycles. The lowest BCUT2D eigenvalue weighted by atomic mass is 10.3. The Morgan fingerprint density at radius 1 is 1.64 bits per heavy atom. The van der Waals surface area contributed by atoms with Crippen LogP contribution in [-0.2, 0) is 14.9 Å². The minimum atomic E-state index is -3.60.